The lowest BCUT2D eigenvalue weighted by Gasteiger charge is -2.24. The summed E-state index contributed by atoms with van der Waals surface area (Å²) in [6, 6.07) is 9.79. The van der Waals surface area contributed by atoms with Crippen molar-refractivity contribution in [2.24, 2.45) is 11.7 Å². The van der Waals surface area contributed by atoms with Gasteiger partial charge in [0.1, 0.15) is 5.69 Å². The molecule has 0 fully saturated rings. The SMILES string of the molecule is CC(C)CN(CCCN)C(=O)c1nccc2ccccc12. The molecule has 0 spiro atoms. The molecular formula is C17H23N3O. The molecule has 0 aliphatic heterocycles. The molecule has 2 rings (SSSR count). The van der Waals surface area contributed by atoms with Crippen molar-refractivity contribution >= 4 is 16.7 Å². The van der Waals surface area contributed by atoms with E-state index in [0.29, 0.717) is 24.7 Å². The quantitative estimate of drug-likeness (QED) is 0.887. The Kier molecular flexibility index (Phi) is 5.28. The predicted octanol–water partition coefficient (Wildman–Crippen LogP) is 2.68. The number of nitrogens with two attached hydrogens (primary N) is 1. The molecule has 1 aromatic heterocycles. The Morgan fingerprint density at radius 1 is 1.29 bits per heavy atom. The van der Waals surface area contributed by atoms with Gasteiger partial charge in [0.25, 0.3) is 5.91 Å². The highest BCUT2D eigenvalue weighted by Crippen LogP contribution is 2.18. The molecule has 2 aromatic rings. The number of fused-ring (bicyclic) bond motifs is 1. The Labute approximate surface area is 126 Å². The molecule has 4 heteroatoms. The largest absolute Gasteiger partial charge is 0.337 e. The fraction of sp³-hybridized carbons (Fsp3) is 0.412. The second-order valence-corrected chi connectivity index (χ2v) is 5.67. The zero-order valence-electron chi connectivity index (χ0n) is 12.7. The van der Waals surface area contributed by atoms with Crippen LogP contribution in [0.1, 0.15) is 30.8 Å². The number of hydrogen-bond donors (Lipinski definition) is 1. The van der Waals surface area contributed by atoms with Crippen molar-refractivity contribution in [2.45, 2.75) is 20.3 Å². The average Bonchev–Trinajstić information content (AvgIpc) is 2.50. The standard InChI is InChI=1S/C17H23N3O/c1-13(2)12-20(11-5-9-18)17(21)16-15-7-4-3-6-14(15)8-10-19-16/h3-4,6-8,10,13H,5,9,11-12,18H2,1-2H3. The fourth-order valence-electron chi connectivity index (χ4n) is 2.44. The van der Waals surface area contributed by atoms with Gasteiger partial charge in [0.15, 0.2) is 0 Å². The third-order valence-electron chi connectivity index (χ3n) is 3.38. The predicted molar refractivity (Wildman–Crippen MR) is 86.2 cm³/mol. The average molecular weight is 285 g/mol. The first kappa shape index (κ1) is 15.4. The van der Waals surface area contributed by atoms with Gasteiger partial charge in [-0.1, -0.05) is 38.1 Å². The lowest BCUT2D eigenvalue weighted by Crippen LogP contribution is -2.36. The van der Waals surface area contributed by atoms with Crippen molar-refractivity contribution in [3.05, 3.63) is 42.2 Å². The zero-order valence-corrected chi connectivity index (χ0v) is 12.7. The van der Waals surface area contributed by atoms with Crippen molar-refractivity contribution in [1.82, 2.24) is 9.88 Å². The summed E-state index contributed by atoms with van der Waals surface area (Å²) in [5.41, 5.74) is 6.12. The van der Waals surface area contributed by atoms with Crippen LogP contribution in [0.4, 0.5) is 0 Å². The molecular weight excluding hydrogens is 262 g/mol. The fourth-order valence-corrected chi connectivity index (χ4v) is 2.44. The summed E-state index contributed by atoms with van der Waals surface area (Å²) in [5.74, 6) is 0.413. The van der Waals surface area contributed by atoms with Crippen LogP contribution in [0, 0.1) is 5.92 Å². The van der Waals surface area contributed by atoms with E-state index in [0.717, 1.165) is 23.7 Å². The van der Waals surface area contributed by atoms with Gasteiger partial charge in [0.05, 0.1) is 0 Å². The monoisotopic (exact) mass is 285 g/mol. The second-order valence-electron chi connectivity index (χ2n) is 5.67. The third kappa shape index (κ3) is 3.79. The summed E-state index contributed by atoms with van der Waals surface area (Å²) in [6.45, 7) is 6.21. The number of aromatic nitrogens is 1. The lowest BCUT2D eigenvalue weighted by atomic mass is 10.1. The molecule has 1 heterocycles. The van der Waals surface area contributed by atoms with Crippen LogP contribution in [-0.2, 0) is 0 Å². The summed E-state index contributed by atoms with van der Waals surface area (Å²) in [5, 5.41) is 1.95. The Balaban J connectivity index is 2.33. The number of benzene rings is 1. The molecule has 0 saturated carbocycles. The molecule has 1 aromatic carbocycles. The van der Waals surface area contributed by atoms with E-state index in [1.807, 2.05) is 35.2 Å². The van der Waals surface area contributed by atoms with Gasteiger partial charge >= 0.3 is 0 Å². The van der Waals surface area contributed by atoms with Crippen LogP contribution < -0.4 is 5.73 Å². The van der Waals surface area contributed by atoms with E-state index in [1.54, 1.807) is 6.20 Å². The van der Waals surface area contributed by atoms with Crippen molar-refractivity contribution in [1.29, 1.82) is 0 Å². The molecule has 21 heavy (non-hydrogen) atoms. The molecule has 112 valence electrons. The first-order chi connectivity index (χ1) is 10.1. The summed E-state index contributed by atoms with van der Waals surface area (Å²) < 4.78 is 0. The van der Waals surface area contributed by atoms with Gasteiger partial charge < -0.3 is 10.6 Å². The minimum Gasteiger partial charge on any atom is -0.337 e. The van der Waals surface area contributed by atoms with Crippen LogP contribution in [0.15, 0.2) is 36.5 Å². The Morgan fingerprint density at radius 2 is 2.05 bits per heavy atom. The van der Waals surface area contributed by atoms with E-state index in [4.69, 9.17) is 5.73 Å². The van der Waals surface area contributed by atoms with Gasteiger partial charge in [0.2, 0.25) is 0 Å². The van der Waals surface area contributed by atoms with Crippen LogP contribution >= 0.6 is 0 Å². The second kappa shape index (κ2) is 7.18. The number of carbonyl (C=O) groups is 1. The van der Waals surface area contributed by atoms with Crippen molar-refractivity contribution in [3.63, 3.8) is 0 Å². The summed E-state index contributed by atoms with van der Waals surface area (Å²) in [6.07, 6.45) is 2.51. The van der Waals surface area contributed by atoms with E-state index < -0.39 is 0 Å². The van der Waals surface area contributed by atoms with Gasteiger partial charge in [-0.3, -0.25) is 9.78 Å². The van der Waals surface area contributed by atoms with Crippen LogP contribution in [0.3, 0.4) is 0 Å². The van der Waals surface area contributed by atoms with E-state index >= 15 is 0 Å². The maximum atomic E-state index is 12.8. The normalized spacial score (nSPS) is 11.0. The highest BCUT2D eigenvalue weighted by atomic mass is 16.2. The van der Waals surface area contributed by atoms with E-state index in [-0.39, 0.29) is 5.91 Å². The zero-order chi connectivity index (χ0) is 15.2. The number of hydrogen-bond acceptors (Lipinski definition) is 3. The van der Waals surface area contributed by atoms with Crippen LogP contribution in [0.2, 0.25) is 0 Å². The number of carbonyl (C=O) groups excluding carboxylic acids is 1. The summed E-state index contributed by atoms with van der Waals surface area (Å²) in [7, 11) is 0. The molecule has 0 radical (unpaired) electrons. The van der Waals surface area contributed by atoms with Gasteiger partial charge in [0, 0.05) is 24.7 Å². The van der Waals surface area contributed by atoms with Crippen molar-refractivity contribution < 1.29 is 4.79 Å². The first-order valence-electron chi connectivity index (χ1n) is 7.46. The number of amides is 1. The van der Waals surface area contributed by atoms with E-state index in [2.05, 4.69) is 18.8 Å². The smallest absolute Gasteiger partial charge is 0.273 e. The van der Waals surface area contributed by atoms with Gasteiger partial charge in [-0.15, -0.1) is 0 Å². The molecule has 2 N–H and O–H groups in total. The highest BCUT2D eigenvalue weighted by Gasteiger charge is 2.19. The lowest BCUT2D eigenvalue weighted by molar-refractivity contribution is 0.0731. The van der Waals surface area contributed by atoms with E-state index in [1.165, 1.54) is 0 Å². The Hall–Kier alpha value is -1.94. The Morgan fingerprint density at radius 3 is 2.76 bits per heavy atom. The number of rotatable bonds is 6. The van der Waals surface area contributed by atoms with Crippen LogP contribution in [0.5, 0.6) is 0 Å². The third-order valence-corrected chi connectivity index (χ3v) is 3.38. The van der Waals surface area contributed by atoms with Crippen molar-refractivity contribution in [3.8, 4) is 0 Å². The van der Waals surface area contributed by atoms with E-state index in [9.17, 15) is 4.79 Å². The topological polar surface area (TPSA) is 59.2 Å². The maximum absolute atomic E-state index is 12.8. The first-order valence-corrected chi connectivity index (χ1v) is 7.46. The van der Waals surface area contributed by atoms with Gasteiger partial charge in [-0.25, -0.2) is 0 Å². The molecule has 0 bridgehead atoms. The number of pyridine rings is 1. The molecule has 1 amide bonds. The minimum atomic E-state index is -0.00560. The number of nitrogens with zero attached hydrogens (tertiary/aromatic N) is 2. The van der Waals surface area contributed by atoms with Crippen LogP contribution in [0.25, 0.3) is 10.8 Å². The maximum Gasteiger partial charge on any atom is 0.273 e. The molecule has 0 aliphatic rings. The molecule has 0 atom stereocenters. The minimum absolute atomic E-state index is 0.00560. The van der Waals surface area contributed by atoms with Gasteiger partial charge in [-0.05, 0) is 30.3 Å². The molecule has 0 unspecified atom stereocenters. The van der Waals surface area contributed by atoms with Gasteiger partial charge in [-0.2, -0.15) is 0 Å². The molecule has 0 aliphatic carbocycles. The molecule has 4 nitrogen and oxygen atoms in total. The molecule has 0 saturated heterocycles. The summed E-state index contributed by atoms with van der Waals surface area (Å²) >= 11 is 0. The highest BCUT2D eigenvalue weighted by molar-refractivity contribution is 6.05. The summed E-state index contributed by atoms with van der Waals surface area (Å²) in [4.78, 5) is 19.0. The Bertz CT molecular complexity index is 605. The van der Waals surface area contributed by atoms with Crippen LogP contribution in [-0.4, -0.2) is 35.4 Å². The van der Waals surface area contributed by atoms with Crippen molar-refractivity contribution in [2.75, 3.05) is 19.6 Å².